The Kier molecular flexibility index (Phi) is 4.68. The Hall–Kier alpha value is -2.11. The summed E-state index contributed by atoms with van der Waals surface area (Å²) < 4.78 is 18.2. The molecule has 0 bridgehead atoms. The zero-order valence-electron chi connectivity index (χ0n) is 13.1. The number of rotatable bonds is 6. The molecule has 6 heteroatoms. The number of hydrogen-bond acceptors (Lipinski definition) is 3. The number of carbonyl (C=O) groups is 2. The number of halogens is 1. The second kappa shape index (κ2) is 6.34. The number of benzene rings is 1. The topological polar surface area (TPSA) is 58.6 Å². The molecule has 3 amide bonds. The maximum absolute atomic E-state index is 12.8. The Balaban J connectivity index is 1.91. The third-order valence-corrected chi connectivity index (χ3v) is 3.56. The van der Waals surface area contributed by atoms with Gasteiger partial charge in [0.2, 0.25) is 0 Å². The van der Waals surface area contributed by atoms with Crippen LogP contribution >= 0.6 is 0 Å². The Morgan fingerprint density at radius 2 is 1.91 bits per heavy atom. The van der Waals surface area contributed by atoms with E-state index in [9.17, 15) is 14.0 Å². The molecule has 1 heterocycles. The van der Waals surface area contributed by atoms with Crippen molar-refractivity contribution in [1.82, 2.24) is 10.2 Å². The molecule has 1 aliphatic heterocycles. The van der Waals surface area contributed by atoms with E-state index in [0.29, 0.717) is 18.1 Å². The number of nitrogens with zero attached hydrogens (tertiary/aromatic N) is 1. The zero-order valence-corrected chi connectivity index (χ0v) is 13.1. The van der Waals surface area contributed by atoms with Gasteiger partial charge in [-0.1, -0.05) is 13.8 Å². The summed E-state index contributed by atoms with van der Waals surface area (Å²) in [5.74, 6) is 0.225. The molecule has 1 fully saturated rings. The average molecular weight is 308 g/mol. The summed E-state index contributed by atoms with van der Waals surface area (Å²) in [4.78, 5) is 25.5. The summed E-state index contributed by atoms with van der Waals surface area (Å²) in [6.07, 6.45) is 0.590. The first kappa shape index (κ1) is 16.3. The van der Waals surface area contributed by atoms with E-state index in [1.165, 1.54) is 29.2 Å². The minimum atomic E-state index is -0.846. The van der Waals surface area contributed by atoms with Gasteiger partial charge in [-0.15, -0.1) is 0 Å². The van der Waals surface area contributed by atoms with Crippen LogP contribution in [0.25, 0.3) is 0 Å². The van der Waals surface area contributed by atoms with Crippen molar-refractivity contribution in [3.8, 4) is 5.75 Å². The lowest BCUT2D eigenvalue weighted by molar-refractivity contribution is -0.131. The normalized spacial score (nSPS) is 21.4. The summed E-state index contributed by atoms with van der Waals surface area (Å²) in [5, 5.41) is 2.75. The quantitative estimate of drug-likeness (QED) is 0.822. The molecule has 0 aliphatic carbocycles. The van der Waals surface area contributed by atoms with Crippen LogP contribution in [0.4, 0.5) is 9.18 Å². The molecule has 1 aliphatic rings. The molecule has 0 radical (unpaired) electrons. The minimum Gasteiger partial charge on any atom is -0.492 e. The van der Waals surface area contributed by atoms with Gasteiger partial charge in [0.25, 0.3) is 5.91 Å². The van der Waals surface area contributed by atoms with Crippen LogP contribution in [-0.4, -0.2) is 35.5 Å². The van der Waals surface area contributed by atoms with Crippen LogP contribution < -0.4 is 10.1 Å². The molecule has 1 N–H and O–H groups in total. The van der Waals surface area contributed by atoms with Gasteiger partial charge < -0.3 is 10.1 Å². The van der Waals surface area contributed by atoms with E-state index in [1.807, 2.05) is 13.8 Å². The summed E-state index contributed by atoms with van der Waals surface area (Å²) >= 11 is 0. The highest BCUT2D eigenvalue weighted by atomic mass is 19.1. The summed E-state index contributed by atoms with van der Waals surface area (Å²) in [6, 6.07) is 5.20. The van der Waals surface area contributed by atoms with Crippen molar-refractivity contribution in [3.05, 3.63) is 30.1 Å². The maximum Gasteiger partial charge on any atom is 0.325 e. The number of amides is 3. The van der Waals surface area contributed by atoms with E-state index in [-0.39, 0.29) is 24.9 Å². The molecule has 1 unspecified atom stereocenters. The molecule has 0 saturated carbocycles. The first-order valence-electron chi connectivity index (χ1n) is 7.34. The maximum atomic E-state index is 12.8. The van der Waals surface area contributed by atoms with E-state index in [0.717, 1.165) is 0 Å². The zero-order chi connectivity index (χ0) is 16.3. The second-order valence-electron chi connectivity index (χ2n) is 6.12. The van der Waals surface area contributed by atoms with Crippen molar-refractivity contribution in [3.63, 3.8) is 0 Å². The van der Waals surface area contributed by atoms with Gasteiger partial charge in [-0.05, 0) is 43.5 Å². The molecule has 0 aromatic heterocycles. The molecule has 22 heavy (non-hydrogen) atoms. The van der Waals surface area contributed by atoms with Gasteiger partial charge in [-0.3, -0.25) is 9.69 Å². The predicted octanol–water partition coefficient (Wildman–Crippen LogP) is 2.56. The molecular formula is C16H21FN2O3. The van der Waals surface area contributed by atoms with Crippen LogP contribution in [0.2, 0.25) is 0 Å². The summed E-state index contributed by atoms with van der Waals surface area (Å²) in [5.41, 5.74) is -0.846. The highest BCUT2D eigenvalue weighted by Crippen LogP contribution is 2.24. The molecule has 1 saturated heterocycles. The highest BCUT2D eigenvalue weighted by Gasteiger charge is 2.47. The van der Waals surface area contributed by atoms with E-state index >= 15 is 0 Å². The van der Waals surface area contributed by atoms with E-state index < -0.39 is 11.6 Å². The van der Waals surface area contributed by atoms with Gasteiger partial charge in [0.05, 0.1) is 6.54 Å². The molecule has 5 nitrogen and oxygen atoms in total. The predicted molar refractivity (Wildman–Crippen MR) is 80.0 cm³/mol. The van der Waals surface area contributed by atoms with Gasteiger partial charge in [0.1, 0.15) is 23.7 Å². The fourth-order valence-corrected chi connectivity index (χ4v) is 2.69. The summed E-state index contributed by atoms with van der Waals surface area (Å²) in [7, 11) is 0. The standard InChI is InChI=1S/C16H21FN2O3/c1-11(2)10-16(3)14(20)19(15(21)18-16)8-9-22-13-6-4-12(17)5-7-13/h4-7,11H,8-10H2,1-3H3,(H,18,21). The van der Waals surface area contributed by atoms with Crippen LogP contribution in [0.1, 0.15) is 27.2 Å². The van der Waals surface area contributed by atoms with Crippen molar-refractivity contribution in [2.24, 2.45) is 5.92 Å². The third-order valence-electron chi connectivity index (χ3n) is 3.56. The Labute approximate surface area is 129 Å². The van der Waals surface area contributed by atoms with Gasteiger partial charge in [0, 0.05) is 0 Å². The number of hydrogen-bond donors (Lipinski definition) is 1. The Morgan fingerprint density at radius 1 is 1.27 bits per heavy atom. The molecule has 1 aromatic rings. The SMILES string of the molecule is CC(C)CC1(C)NC(=O)N(CCOc2ccc(F)cc2)C1=O. The lowest BCUT2D eigenvalue weighted by Crippen LogP contribution is -2.45. The smallest absolute Gasteiger partial charge is 0.325 e. The van der Waals surface area contributed by atoms with Gasteiger partial charge in [-0.2, -0.15) is 0 Å². The number of nitrogens with one attached hydrogen (secondary N) is 1. The molecular weight excluding hydrogens is 287 g/mol. The number of urea groups is 1. The first-order chi connectivity index (χ1) is 10.3. The van der Waals surface area contributed by atoms with Crippen LogP contribution in [0, 0.1) is 11.7 Å². The number of imide groups is 1. The largest absolute Gasteiger partial charge is 0.492 e. The van der Waals surface area contributed by atoms with Crippen molar-refractivity contribution in [1.29, 1.82) is 0 Å². The van der Waals surface area contributed by atoms with Crippen LogP contribution in [0.5, 0.6) is 5.75 Å². The molecule has 0 spiro atoms. The van der Waals surface area contributed by atoms with Gasteiger partial charge in [0.15, 0.2) is 0 Å². The fourth-order valence-electron chi connectivity index (χ4n) is 2.69. The van der Waals surface area contributed by atoms with Crippen molar-refractivity contribution >= 4 is 11.9 Å². The van der Waals surface area contributed by atoms with Crippen molar-refractivity contribution in [2.75, 3.05) is 13.2 Å². The van der Waals surface area contributed by atoms with Crippen molar-refractivity contribution < 1.29 is 18.7 Å². The fraction of sp³-hybridized carbons (Fsp3) is 0.500. The number of carbonyl (C=O) groups excluding carboxylic acids is 2. The Bertz CT molecular complexity index is 559. The van der Waals surface area contributed by atoms with E-state index in [1.54, 1.807) is 6.92 Å². The van der Waals surface area contributed by atoms with Gasteiger partial charge in [-0.25, -0.2) is 9.18 Å². The third kappa shape index (κ3) is 3.55. The lowest BCUT2D eigenvalue weighted by atomic mass is 9.91. The van der Waals surface area contributed by atoms with E-state index in [4.69, 9.17) is 4.74 Å². The van der Waals surface area contributed by atoms with Crippen LogP contribution in [0.15, 0.2) is 24.3 Å². The lowest BCUT2D eigenvalue weighted by Gasteiger charge is -2.23. The van der Waals surface area contributed by atoms with Crippen LogP contribution in [-0.2, 0) is 4.79 Å². The molecule has 1 atom stereocenters. The number of ether oxygens (including phenoxy) is 1. The minimum absolute atomic E-state index is 0.162. The molecule has 2 rings (SSSR count). The van der Waals surface area contributed by atoms with E-state index in [2.05, 4.69) is 5.32 Å². The first-order valence-corrected chi connectivity index (χ1v) is 7.34. The summed E-state index contributed by atoms with van der Waals surface area (Å²) in [6.45, 7) is 6.09. The monoisotopic (exact) mass is 308 g/mol. The second-order valence-corrected chi connectivity index (χ2v) is 6.12. The molecule has 120 valence electrons. The highest BCUT2D eigenvalue weighted by molar-refractivity contribution is 6.06. The Morgan fingerprint density at radius 3 is 2.50 bits per heavy atom. The van der Waals surface area contributed by atoms with Gasteiger partial charge >= 0.3 is 6.03 Å². The molecule has 1 aromatic carbocycles. The van der Waals surface area contributed by atoms with Crippen LogP contribution in [0.3, 0.4) is 0 Å². The van der Waals surface area contributed by atoms with Crippen molar-refractivity contribution in [2.45, 2.75) is 32.7 Å². The average Bonchev–Trinajstić information content (AvgIpc) is 2.63.